The topological polar surface area (TPSA) is 37.8 Å². The lowest BCUT2D eigenvalue weighted by Gasteiger charge is -2.16. The molecule has 1 aromatic heterocycles. The standard InChI is InChI=1S/C13H13N3/c1-2-5-10(6-3-1)12-15-9-11-7-4-8-14-13(11)16-12/h1-3,5-6,9H,4,7-8H2,(H,14,15,16). The largest absolute Gasteiger partial charge is 0.370 e. The van der Waals surface area contributed by atoms with Gasteiger partial charge in [-0.3, -0.25) is 0 Å². The van der Waals surface area contributed by atoms with E-state index >= 15 is 0 Å². The van der Waals surface area contributed by atoms with E-state index in [4.69, 9.17) is 0 Å². The lowest BCUT2D eigenvalue weighted by Crippen LogP contribution is -2.14. The van der Waals surface area contributed by atoms with Gasteiger partial charge in [0.25, 0.3) is 0 Å². The molecule has 0 saturated heterocycles. The van der Waals surface area contributed by atoms with E-state index in [0.717, 1.165) is 30.2 Å². The van der Waals surface area contributed by atoms with Crippen LogP contribution in [0.4, 0.5) is 5.82 Å². The average molecular weight is 211 g/mol. The molecule has 1 aliphatic rings. The van der Waals surface area contributed by atoms with Crippen LogP contribution in [0, 0.1) is 0 Å². The van der Waals surface area contributed by atoms with Gasteiger partial charge >= 0.3 is 0 Å². The second-order valence-electron chi connectivity index (χ2n) is 3.96. The van der Waals surface area contributed by atoms with Crippen LogP contribution in [0.1, 0.15) is 12.0 Å². The second kappa shape index (κ2) is 3.93. The fourth-order valence-electron chi connectivity index (χ4n) is 1.95. The van der Waals surface area contributed by atoms with Crippen molar-refractivity contribution in [1.82, 2.24) is 9.97 Å². The third kappa shape index (κ3) is 1.65. The zero-order valence-corrected chi connectivity index (χ0v) is 8.98. The molecule has 0 atom stereocenters. The maximum absolute atomic E-state index is 4.56. The van der Waals surface area contributed by atoms with Crippen LogP contribution in [-0.2, 0) is 6.42 Å². The van der Waals surface area contributed by atoms with E-state index in [9.17, 15) is 0 Å². The van der Waals surface area contributed by atoms with Crippen molar-refractivity contribution in [2.24, 2.45) is 0 Å². The van der Waals surface area contributed by atoms with Gasteiger partial charge in [0.15, 0.2) is 5.82 Å². The number of nitrogens with one attached hydrogen (secondary N) is 1. The van der Waals surface area contributed by atoms with Gasteiger partial charge in [-0.1, -0.05) is 30.3 Å². The first kappa shape index (κ1) is 9.33. The first-order chi connectivity index (χ1) is 7.93. The Balaban J connectivity index is 2.03. The SMILES string of the molecule is c1ccc(-c2ncc3c(n2)NCCC3)cc1. The number of fused-ring (bicyclic) bond motifs is 1. The normalized spacial score (nSPS) is 14.0. The average Bonchev–Trinajstić information content (AvgIpc) is 2.39. The summed E-state index contributed by atoms with van der Waals surface area (Å²) in [7, 11) is 0. The van der Waals surface area contributed by atoms with E-state index in [1.165, 1.54) is 12.0 Å². The molecule has 0 radical (unpaired) electrons. The first-order valence-corrected chi connectivity index (χ1v) is 5.59. The maximum atomic E-state index is 4.56. The molecule has 80 valence electrons. The summed E-state index contributed by atoms with van der Waals surface area (Å²) in [5, 5.41) is 3.32. The summed E-state index contributed by atoms with van der Waals surface area (Å²) in [6.45, 7) is 1.01. The van der Waals surface area contributed by atoms with Crippen LogP contribution in [0.25, 0.3) is 11.4 Å². The van der Waals surface area contributed by atoms with E-state index in [2.05, 4.69) is 15.3 Å². The Morgan fingerprint density at radius 3 is 2.88 bits per heavy atom. The zero-order chi connectivity index (χ0) is 10.8. The van der Waals surface area contributed by atoms with E-state index in [0.29, 0.717) is 0 Å². The summed E-state index contributed by atoms with van der Waals surface area (Å²) in [6, 6.07) is 10.1. The van der Waals surface area contributed by atoms with Gasteiger partial charge in [0.2, 0.25) is 0 Å². The third-order valence-electron chi connectivity index (χ3n) is 2.81. The Labute approximate surface area is 94.6 Å². The van der Waals surface area contributed by atoms with Crippen molar-refractivity contribution in [2.75, 3.05) is 11.9 Å². The molecule has 3 nitrogen and oxygen atoms in total. The van der Waals surface area contributed by atoms with E-state index in [-0.39, 0.29) is 0 Å². The summed E-state index contributed by atoms with van der Waals surface area (Å²) in [5.74, 6) is 1.80. The Hall–Kier alpha value is -1.90. The molecule has 0 saturated carbocycles. The molecule has 1 aromatic carbocycles. The fraction of sp³-hybridized carbons (Fsp3) is 0.231. The molecule has 0 spiro atoms. The van der Waals surface area contributed by atoms with Gasteiger partial charge in [0, 0.05) is 23.9 Å². The number of anilines is 1. The van der Waals surface area contributed by atoms with Crippen molar-refractivity contribution in [2.45, 2.75) is 12.8 Å². The van der Waals surface area contributed by atoms with Crippen LogP contribution in [0.2, 0.25) is 0 Å². The molecule has 3 heteroatoms. The summed E-state index contributed by atoms with van der Waals surface area (Å²) in [5.41, 5.74) is 2.30. The highest BCUT2D eigenvalue weighted by molar-refractivity contribution is 5.58. The van der Waals surface area contributed by atoms with Gasteiger partial charge in [-0.25, -0.2) is 9.97 Å². The highest BCUT2D eigenvalue weighted by Crippen LogP contribution is 2.22. The summed E-state index contributed by atoms with van der Waals surface area (Å²) >= 11 is 0. The lowest BCUT2D eigenvalue weighted by atomic mass is 10.1. The second-order valence-corrected chi connectivity index (χ2v) is 3.96. The Kier molecular flexibility index (Phi) is 2.29. The van der Waals surface area contributed by atoms with Crippen LogP contribution >= 0.6 is 0 Å². The number of nitrogens with zero attached hydrogens (tertiary/aromatic N) is 2. The van der Waals surface area contributed by atoms with Gasteiger partial charge < -0.3 is 5.32 Å². The minimum Gasteiger partial charge on any atom is -0.370 e. The lowest BCUT2D eigenvalue weighted by molar-refractivity contribution is 0.810. The number of aryl methyl sites for hydroxylation is 1. The molecule has 16 heavy (non-hydrogen) atoms. The van der Waals surface area contributed by atoms with Crippen molar-refractivity contribution in [1.29, 1.82) is 0 Å². The maximum Gasteiger partial charge on any atom is 0.161 e. The monoisotopic (exact) mass is 211 g/mol. The predicted octanol–water partition coefficient (Wildman–Crippen LogP) is 2.50. The number of aromatic nitrogens is 2. The molecule has 0 bridgehead atoms. The minimum absolute atomic E-state index is 0.800. The van der Waals surface area contributed by atoms with Crippen molar-refractivity contribution in [3.8, 4) is 11.4 Å². The summed E-state index contributed by atoms with van der Waals surface area (Å²) in [4.78, 5) is 8.97. The van der Waals surface area contributed by atoms with Gasteiger partial charge in [-0.15, -0.1) is 0 Å². The van der Waals surface area contributed by atoms with Gasteiger partial charge in [0.1, 0.15) is 5.82 Å². The van der Waals surface area contributed by atoms with Crippen LogP contribution in [0.15, 0.2) is 36.5 Å². The van der Waals surface area contributed by atoms with Crippen molar-refractivity contribution < 1.29 is 0 Å². The molecule has 2 heterocycles. The molecule has 3 rings (SSSR count). The number of benzene rings is 1. The number of hydrogen-bond acceptors (Lipinski definition) is 3. The van der Waals surface area contributed by atoms with Crippen LogP contribution < -0.4 is 5.32 Å². The van der Waals surface area contributed by atoms with Gasteiger partial charge in [0.05, 0.1) is 0 Å². The number of rotatable bonds is 1. The molecular formula is C13H13N3. The minimum atomic E-state index is 0.800. The van der Waals surface area contributed by atoms with Crippen LogP contribution in [-0.4, -0.2) is 16.5 Å². The zero-order valence-electron chi connectivity index (χ0n) is 8.98. The van der Waals surface area contributed by atoms with Crippen molar-refractivity contribution in [3.05, 3.63) is 42.1 Å². The Morgan fingerprint density at radius 1 is 1.12 bits per heavy atom. The summed E-state index contributed by atoms with van der Waals surface area (Å²) in [6.07, 6.45) is 4.19. The smallest absolute Gasteiger partial charge is 0.161 e. The Morgan fingerprint density at radius 2 is 2.00 bits per heavy atom. The van der Waals surface area contributed by atoms with Gasteiger partial charge in [-0.05, 0) is 12.8 Å². The van der Waals surface area contributed by atoms with Crippen molar-refractivity contribution >= 4 is 5.82 Å². The molecule has 0 fully saturated rings. The van der Waals surface area contributed by atoms with E-state index in [1.807, 2.05) is 36.5 Å². The highest BCUT2D eigenvalue weighted by atomic mass is 15.0. The van der Waals surface area contributed by atoms with E-state index in [1.54, 1.807) is 0 Å². The first-order valence-electron chi connectivity index (χ1n) is 5.59. The molecule has 1 aliphatic heterocycles. The third-order valence-corrected chi connectivity index (χ3v) is 2.81. The molecular weight excluding hydrogens is 198 g/mol. The quantitative estimate of drug-likeness (QED) is 0.787. The van der Waals surface area contributed by atoms with Gasteiger partial charge in [-0.2, -0.15) is 0 Å². The fourth-order valence-corrected chi connectivity index (χ4v) is 1.95. The van der Waals surface area contributed by atoms with Crippen LogP contribution in [0.5, 0.6) is 0 Å². The highest BCUT2D eigenvalue weighted by Gasteiger charge is 2.11. The summed E-state index contributed by atoms with van der Waals surface area (Å²) < 4.78 is 0. The number of hydrogen-bond donors (Lipinski definition) is 1. The molecule has 2 aromatic rings. The van der Waals surface area contributed by atoms with E-state index < -0.39 is 0 Å². The predicted molar refractivity (Wildman–Crippen MR) is 64.3 cm³/mol. The molecule has 0 unspecified atom stereocenters. The Bertz CT molecular complexity index is 494. The van der Waals surface area contributed by atoms with Crippen LogP contribution in [0.3, 0.4) is 0 Å². The molecule has 0 aliphatic carbocycles. The molecule has 0 amide bonds. The van der Waals surface area contributed by atoms with Crippen molar-refractivity contribution in [3.63, 3.8) is 0 Å². The molecule has 1 N–H and O–H groups in total.